The Labute approximate surface area is 177 Å². The smallest absolute Gasteiger partial charge is 0.0264 e. The van der Waals surface area contributed by atoms with E-state index < -0.39 is 0 Å². The molecule has 4 fully saturated rings. The van der Waals surface area contributed by atoms with E-state index in [1.54, 1.807) is 25.7 Å². The Hall–Kier alpha value is 0. The van der Waals surface area contributed by atoms with Crippen molar-refractivity contribution in [1.82, 2.24) is 0 Å². The third kappa shape index (κ3) is 3.32. The topological polar surface area (TPSA) is 0 Å². The molecule has 0 saturated heterocycles. The van der Waals surface area contributed by atoms with Crippen LogP contribution >= 0.6 is 0 Å². The Morgan fingerprint density at radius 1 is 0.786 bits per heavy atom. The maximum Gasteiger partial charge on any atom is -0.0264 e. The van der Waals surface area contributed by atoms with Gasteiger partial charge in [-0.15, -0.1) is 0 Å². The Morgan fingerprint density at radius 3 is 2.18 bits per heavy atom. The predicted molar refractivity (Wildman–Crippen MR) is 122 cm³/mol. The van der Waals surface area contributed by atoms with Gasteiger partial charge < -0.3 is 0 Å². The molecule has 0 bridgehead atoms. The fourth-order valence-corrected chi connectivity index (χ4v) is 9.62. The first-order chi connectivity index (χ1) is 13.2. The van der Waals surface area contributed by atoms with Gasteiger partial charge in [-0.2, -0.15) is 0 Å². The zero-order valence-corrected chi connectivity index (χ0v) is 20.3. The lowest BCUT2D eigenvalue weighted by Crippen LogP contribution is -2.56. The van der Waals surface area contributed by atoms with E-state index >= 15 is 0 Å². The van der Waals surface area contributed by atoms with Crippen LogP contribution in [0.5, 0.6) is 0 Å². The van der Waals surface area contributed by atoms with E-state index in [0.717, 1.165) is 53.3 Å². The first-order valence-corrected chi connectivity index (χ1v) is 13.2. The molecule has 0 radical (unpaired) electrons. The van der Waals surface area contributed by atoms with Crippen LogP contribution in [0.25, 0.3) is 0 Å². The largest absolute Gasteiger partial charge is 0.0628 e. The van der Waals surface area contributed by atoms with Crippen molar-refractivity contribution in [3.05, 3.63) is 0 Å². The fourth-order valence-electron chi connectivity index (χ4n) is 9.62. The van der Waals surface area contributed by atoms with E-state index in [-0.39, 0.29) is 0 Å². The Kier molecular flexibility index (Phi) is 5.77. The summed E-state index contributed by atoms with van der Waals surface area (Å²) in [6, 6.07) is 0. The fraction of sp³-hybridized carbons (Fsp3) is 1.00. The average Bonchev–Trinajstić information content (AvgIpc) is 2.98. The summed E-state index contributed by atoms with van der Waals surface area (Å²) in [7, 11) is 0. The molecule has 0 spiro atoms. The van der Waals surface area contributed by atoms with Crippen molar-refractivity contribution in [1.29, 1.82) is 0 Å². The van der Waals surface area contributed by atoms with Gasteiger partial charge in [0.05, 0.1) is 0 Å². The van der Waals surface area contributed by atoms with E-state index in [1.807, 2.05) is 0 Å². The van der Waals surface area contributed by atoms with Crippen LogP contribution in [0.1, 0.15) is 113 Å². The summed E-state index contributed by atoms with van der Waals surface area (Å²) in [5, 5.41) is 0. The molecule has 4 rings (SSSR count). The zero-order chi connectivity index (χ0) is 20.3. The second kappa shape index (κ2) is 7.60. The van der Waals surface area contributed by atoms with Crippen LogP contribution in [0, 0.1) is 64.1 Å². The molecule has 162 valence electrons. The number of fused-ring (bicyclic) bond motifs is 5. The molecule has 0 aromatic heterocycles. The van der Waals surface area contributed by atoms with Crippen LogP contribution in [0.4, 0.5) is 0 Å². The summed E-state index contributed by atoms with van der Waals surface area (Å²) in [6.45, 7) is 18.1. The first kappa shape index (κ1) is 21.2. The number of hydrogen-bond donors (Lipinski definition) is 0. The lowest BCUT2D eigenvalue weighted by atomic mass is 9.42. The van der Waals surface area contributed by atoms with E-state index in [0.29, 0.717) is 10.8 Å². The molecule has 10 unspecified atom stereocenters. The van der Waals surface area contributed by atoms with Crippen molar-refractivity contribution < 1.29 is 0 Å². The lowest BCUT2D eigenvalue weighted by molar-refractivity contribution is -0.142. The van der Waals surface area contributed by atoms with Crippen molar-refractivity contribution in [3.63, 3.8) is 0 Å². The number of rotatable bonds is 4. The maximum atomic E-state index is 2.75. The third-order valence-corrected chi connectivity index (χ3v) is 11.2. The predicted octanol–water partition coefficient (Wildman–Crippen LogP) is 8.60. The van der Waals surface area contributed by atoms with Gasteiger partial charge in [-0.3, -0.25) is 0 Å². The summed E-state index contributed by atoms with van der Waals surface area (Å²) < 4.78 is 0. The van der Waals surface area contributed by atoms with Crippen LogP contribution in [0.3, 0.4) is 0 Å². The van der Waals surface area contributed by atoms with Crippen LogP contribution in [-0.4, -0.2) is 0 Å². The molecular formula is C28H50. The highest BCUT2D eigenvalue weighted by molar-refractivity contribution is 5.10. The zero-order valence-electron chi connectivity index (χ0n) is 20.3. The normalized spacial score (nSPS) is 52.1. The molecule has 0 N–H and O–H groups in total. The Bertz CT molecular complexity index is 548. The summed E-state index contributed by atoms with van der Waals surface area (Å²) in [4.78, 5) is 0. The highest BCUT2D eigenvalue weighted by atomic mass is 14.7. The van der Waals surface area contributed by atoms with Crippen LogP contribution < -0.4 is 0 Å². The summed E-state index contributed by atoms with van der Waals surface area (Å²) in [5.41, 5.74) is 1.32. The molecule has 0 heterocycles. The van der Waals surface area contributed by atoms with Gasteiger partial charge in [-0.05, 0) is 109 Å². The molecular weight excluding hydrogens is 336 g/mol. The van der Waals surface area contributed by atoms with E-state index in [2.05, 4.69) is 48.5 Å². The molecule has 0 aromatic carbocycles. The van der Waals surface area contributed by atoms with E-state index in [1.165, 1.54) is 38.5 Å². The van der Waals surface area contributed by atoms with Gasteiger partial charge >= 0.3 is 0 Å². The molecule has 4 aliphatic rings. The van der Waals surface area contributed by atoms with Gasteiger partial charge in [0.15, 0.2) is 0 Å². The van der Waals surface area contributed by atoms with Gasteiger partial charge in [0.25, 0.3) is 0 Å². The minimum Gasteiger partial charge on any atom is -0.0628 e. The minimum atomic E-state index is 0.650. The third-order valence-electron chi connectivity index (χ3n) is 11.2. The quantitative estimate of drug-likeness (QED) is 0.453. The monoisotopic (exact) mass is 386 g/mol. The van der Waals surface area contributed by atoms with Gasteiger partial charge in [-0.25, -0.2) is 0 Å². The second-order valence-corrected chi connectivity index (χ2v) is 13.3. The SMILES string of the molecule is CC(C)CCC(C)C1CCC2C3C(C)CC4CC(C)CCC4(C)C3CCC12C. The van der Waals surface area contributed by atoms with Crippen molar-refractivity contribution >= 4 is 0 Å². The molecule has 10 atom stereocenters. The van der Waals surface area contributed by atoms with Crippen LogP contribution in [0.15, 0.2) is 0 Å². The summed E-state index contributed by atoms with van der Waals surface area (Å²) in [6.07, 6.45) is 15.2. The van der Waals surface area contributed by atoms with Gasteiger partial charge in [0, 0.05) is 0 Å². The van der Waals surface area contributed by atoms with Crippen molar-refractivity contribution in [2.75, 3.05) is 0 Å². The summed E-state index contributed by atoms with van der Waals surface area (Å²) in [5.74, 6) is 8.90. The lowest BCUT2D eigenvalue weighted by Gasteiger charge is -2.63. The van der Waals surface area contributed by atoms with E-state index in [9.17, 15) is 0 Å². The minimum absolute atomic E-state index is 0.650. The molecule has 4 saturated carbocycles. The molecule has 0 heteroatoms. The van der Waals surface area contributed by atoms with Crippen molar-refractivity contribution in [3.8, 4) is 0 Å². The van der Waals surface area contributed by atoms with Crippen LogP contribution in [-0.2, 0) is 0 Å². The highest BCUT2D eigenvalue weighted by Gasteiger charge is 2.61. The van der Waals surface area contributed by atoms with Crippen LogP contribution in [0.2, 0.25) is 0 Å². The first-order valence-electron chi connectivity index (χ1n) is 13.2. The Balaban J connectivity index is 1.55. The molecule has 28 heavy (non-hydrogen) atoms. The number of hydrogen-bond acceptors (Lipinski definition) is 0. The second-order valence-electron chi connectivity index (χ2n) is 13.3. The van der Waals surface area contributed by atoms with Gasteiger partial charge in [0.2, 0.25) is 0 Å². The summed E-state index contributed by atoms with van der Waals surface area (Å²) >= 11 is 0. The highest BCUT2D eigenvalue weighted by Crippen LogP contribution is 2.69. The molecule has 0 nitrogen and oxygen atoms in total. The van der Waals surface area contributed by atoms with Crippen molar-refractivity contribution in [2.45, 2.75) is 113 Å². The Morgan fingerprint density at radius 2 is 1.46 bits per heavy atom. The van der Waals surface area contributed by atoms with Gasteiger partial charge in [-0.1, -0.05) is 67.7 Å². The standard InChI is InChI=1S/C28H50/c1-18(2)8-9-20(4)23-10-11-24-26-21(5)17-22-16-19(3)12-14-27(22,6)25(26)13-15-28(23,24)7/h18-26H,8-17H2,1-7H3. The molecule has 0 amide bonds. The molecule has 0 aliphatic heterocycles. The molecule has 4 aliphatic carbocycles. The van der Waals surface area contributed by atoms with Crippen molar-refractivity contribution in [2.24, 2.45) is 64.1 Å². The van der Waals surface area contributed by atoms with E-state index in [4.69, 9.17) is 0 Å². The van der Waals surface area contributed by atoms with Gasteiger partial charge in [0.1, 0.15) is 0 Å². The maximum absolute atomic E-state index is 2.75. The molecule has 0 aromatic rings. The average molecular weight is 387 g/mol.